The van der Waals surface area contributed by atoms with E-state index in [-0.39, 0.29) is 36.7 Å². The van der Waals surface area contributed by atoms with Gasteiger partial charge in [-0.1, -0.05) is 48.5 Å². The second kappa shape index (κ2) is 14.5. The van der Waals surface area contributed by atoms with Crippen LogP contribution in [-0.2, 0) is 35.5 Å². The van der Waals surface area contributed by atoms with Crippen LogP contribution in [0, 0.1) is 22.9 Å². The summed E-state index contributed by atoms with van der Waals surface area (Å²) in [6, 6.07) is 20.8. The molecule has 1 N–H and O–H groups in total. The highest BCUT2D eigenvalue weighted by molar-refractivity contribution is 7.90. The van der Waals surface area contributed by atoms with Gasteiger partial charge in [-0.2, -0.15) is 0 Å². The van der Waals surface area contributed by atoms with Crippen LogP contribution in [0.5, 0.6) is 0 Å². The Labute approximate surface area is 258 Å². The molecule has 14 heteroatoms. The highest BCUT2D eigenvalue weighted by Crippen LogP contribution is 2.34. The number of hydrogen-bond acceptors (Lipinski definition) is 9. The minimum Gasteiger partial charge on any atom is -0.464 e. The zero-order valence-electron chi connectivity index (χ0n) is 24.3. The first-order valence-corrected chi connectivity index (χ1v) is 15.5. The van der Waals surface area contributed by atoms with Crippen molar-refractivity contribution >= 4 is 21.9 Å². The van der Waals surface area contributed by atoms with E-state index in [2.05, 4.69) is 10.2 Å². The Balaban J connectivity index is 1.73. The molecule has 4 aromatic rings. The fraction of sp³-hybridized carbons (Fsp3) is 0.226. The first kappa shape index (κ1) is 32.7. The summed E-state index contributed by atoms with van der Waals surface area (Å²) >= 11 is 0. The standard InChI is InChI=1S/C31H30FN3O9S/c1-21-27(19-28(34(21)25-11-6-10-24(32)18-25)23-12-14-26(15-13-23)45(2,40)41)29(30(36)42-16-7-17-44-35(38)39)33-31(37)43-20-22-8-4-3-5-9-22/h3-6,8-15,18-19,29H,7,16-17,20H2,1-2H3,(H,33,37). The van der Waals surface area contributed by atoms with Gasteiger partial charge in [0, 0.05) is 29.6 Å². The summed E-state index contributed by atoms with van der Waals surface area (Å²) in [5.41, 5.74) is 2.83. The molecule has 0 aliphatic carbocycles. The fourth-order valence-corrected chi connectivity index (χ4v) is 5.18. The van der Waals surface area contributed by atoms with Gasteiger partial charge in [0.05, 0.1) is 23.8 Å². The summed E-state index contributed by atoms with van der Waals surface area (Å²) in [7, 11) is -3.48. The van der Waals surface area contributed by atoms with Crippen LogP contribution >= 0.6 is 0 Å². The third kappa shape index (κ3) is 8.66. The van der Waals surface area contributed by atoms with Crippen LogP contribution in [0.15, 0.2) is 89.8 Å². The van der Waals surface area contributed by atoms with E-state index < -0.39 is 38.8 Å². The predicted molar refractivity (Wildman–Crippen MR) is 160 cm³/mol. The number of ether oxygens (including phenoxy) is 2. The molecule has 1 atom stereocenters. The molecule has 4 rings (SSSR count). The lowest BCUT2D eigenvalue weighted by molar-refractivity contribution is -0.757. The maximum Gasteiger partial charge on any atom is 0.408 e. The monoisotopic (exact) mass is 639 g/mol. The molecule has 1 amide bonds. The molecular weight excluding hydrogens is 609 g/mol. The third-order valence-electron chi connectivity index (χ3n) is 6.68. The zero-order valence-corrected chi connectivity index (χ0v) is 25.2. The Hall–Kier alpha value is -5.24. The smallest absolute Gasteiger partial charge is 0.408 e. The molecule has 3 aromatic carbocycles. The van der Waals surface area contributed by atoms with Crippen molar-refractivity contribution in [2.45, 2.75) is 30.9 Å². The quantitative estimate of drug-likeness (QED) is 0.0910. The topological polar surface area (TPSA) is 156 Å². The van der Waals surface area contributed by atoms with E-state index in [4.69, 9.17) is 9.47 Å². The van der Waals surface area contributed by atoms with Gasteiger partial charge < -0.3 is 24.2 Å². The second-order valence-electron chi connectivity index (χ2n) is 9.90. The van der Waals surface area contributed by atoms with Crippen molar-refractivity contribution in [2.24, 2.45) is 0 Å². The summed E-state index contributed by atoms with van der Waals surface area (Å²) in [6.07, 6.45) is 0.177. The molecule has 0 radical (unpaired) electrons. The number of esters is 1. The third-order valence-corrected chi connectivity index (χ3v) is 7.81. The van der Waals surface area contributed by atoms with Crippen molar-refractivity contribution in [3.63, 3.8) is 0 Å². The molecule has 0 aliphatic heterocycles. The molecule has 12 nitrogen and oxygen atoms in total. The van der Waals surface area contributed by atoms with E-state index in [0.29, 0.717) is 28.2 Å². The number of rotatable bonds is 13. The van der Waals surface area contributed by atoms with Crippen LogP contribution in [0.25, 0.3) is 16.9 Å². The Kier molecular flexibility index (Phi) is 10.5. The van der Waals surface area contributed by atoms with Gasteiger partial charge in [-0.3, -0.25) is 0 Å². The summed E-state index contributed by atoms with van der Waals surface area (Å²) < 4.78 is 50.8. The van der Waals surface area contributed by atoms with Gasteiger partial charge in [0.1, 0.15) is 12.4 Å². The van der Waals surface area contributed by atoms with Crippen molar-refractivity contribution in [2.75, 3.05) is 19.5 Å². The summed E-state index contributed by atoms with van der Waals surface area (Å²) in [6.45, 7) is 1.04. The molecule has 1 unspecified atom stereocenters. The molecule has 236 valence electrons. The number of benzene rings is 3. The number of nitrogens with zero attached hydrogens (tertiary/aromatic N) is 2. The number of carbonyl (C=O) groups is 2. The van der Waals surface area contributed by atoms with Gasteiger partial charge in [0.2, 0.25) is 0 Å². The van der Waals surface area contributed by atoms with Crippen molar-refractivity contribution in [1.82, 2.24) is 9.88 Å². The average molecular weight is 640 g/mol. The number of amides is 1. The molecule has 1 aromatic heterocycles. The first-order valence-electron chi connectivity index (χ1n) is 13.6. The molecular formula is C31H30FN3O9S. The van der Waals surface area contributed by atoms with E-state index in [9.17, 15) is 32.5 Å². The number of hydrogen-bond donors (Lipinski definition) is 1. The summed E-state index contributed by atoms with van der Waals surface area (Å²) in [4.78, 5) is 41.1. The van der Waals surface area contributed by atoms with Gasteiger partial charge in [-0.25, -0.2) is 22.4 Å². The fourth-order valence-electron chi connectivity index (χ4n) is 4.55. The van der Waals surface area contributed by atoms with Crippen molar-refractivity contribution < 1.29 is 41.8 Å². The average Bonchev–Trinajstić information content (AvgIpc) is 3.35. The van der Waals surface area contributed by atoms with E-state index in [1.807, 2.05) is 6.07 Å². The Morgan fingerprint density at radius 2 is 1.69 bits per heavy atom. The molecule has 0 aliphatic rings. The molecule has 0 spiro atoms. The zero-order chi connectivity index (χ0) is 32.6. The molecule has 0 saturated heterocycles. The van der Waals surface area contributed by atoms with Gasteiger partial charge in [0.25, 0.3) is 5.09 Å². The summed E-state index contributed by atoms with van der Waals surface area (Å²) in [5.74, 6) is -1.40. The Morgan fingerprint density at radius 3 is 2.33 bits per heavy atom. The van der Waals surface area contributed by atoms with E-state index in [1.54, 1.807) is 60.0 Å². The molecule has 0 bridgehead atoms. The minimum absolute atomic E-state index is 0.0130. The van der Waals surface area contributed by atoms with E-state index >= 15 is 0 Å². The van der Waals surface area contributed by atoms with Crippen LogP contribution in [-0.4, -0.2) is 49.6 Å². The van der Waals surface area contributed by atoms with Crippen molar-refractivity contribution in [3.8, 4) is 16.9 Å². The number of aromatic nitrogens is 1. The van der Waals surface area contributed by atoms with Gasteiger partial charge >= 0.3 is 12.1 Å². The van der Waals surface area contributed by atoms with Crippen LogP contribution in [0.4, 0.5) is 9.18 Å². The maximum atomic E-state index is 14.4. The second-order valence-corrected chi connectivity index (χ2v) is 11.9. The van der Waals surface area contributed by atoms with Gasteiger partial charge in [-0.05, 0) is 54.4 Å². The highest BCUT2D eigenvalue weighted by Gasteiger charge is 2.30. The number of sulfone groups is 1. The van der Waals surface area contributed by atoms with Crippen molar-refractivity contribution in [3.05, 3.63) is 118 Å². The number of nitrogens with one attached hydrogen (secondary N) is 1. The predicted octanol–water partition coefficient (Wildman–Crippen LogP) is 5.10. The molecule has 0 fully saturated rings. The van der Waals surface area contributed by atoms with Gasteiger partial charge in [0.15, 0.2) is 15.9 Å². The molecule has 45 heavy (non-hydrogen) atoms. The van der Waals surface area contributed by atoms with Crippen molar-refractivity contribution in [1.29, 1.82) is 0 Å². The number of halogens is 1. The van der Waals surface area contributed by atoms with Gasteiger partial charge in [-0.15, -0.1) is 10.1 Å². The Morgan fingerprint density at radius 1 is 0.978 bits per heavy atom. The number of alkyl carbamates (subject to hydrolysis) is 1. The lowest BCUT2D eigenvalue weighted by Gasteiger charge is -2.19. The largest absolute Gasteiger partial charge is 0.464 e. The highest BCUT2D eigenvalue weighted by atomic mass is 32.2. The molecule has 0 saturated carbocycles. The number of carbonyl (C=O) groups excluding carboxylic acids is 2. The normalized spacial score (nSPS) is 11.8. The SMILES string of the molecule is Cc1c(C(NC(=O)OCc2ccccc2)C(=O)OCCCO[N+](=O)[O-])cc(-c2ccc(S(C)(=O)=O)cc2)n1-c1cccc(F)c1. The van der Waals surface area contributed by atoms with E-state index in [1.165, 1.54) is 30.3 Å². The molecule has 1 heterocycles. The van der Waals surface area contributed by atoms with Crippen LogP contribution in [0.1, 0.15) is 29.3 Å². The Bertz CT molecular complexity index is 1780. The first-order chi connectivity index (χ1) is 21.4. The van der Waals surface area contributed by atoms with Crippen LogP contribution in [0.3, 0.4) is 0 Å². The lowest BCUT2D eigenvalue weighted by atomic mass is 10.1. The van der Waals surface area contributed by atoms with Crippen LogP contribution < -0.4 is 5.32 Å². The minimum atomic E-state index is -3.48. The lowest BCUT2D eigenvalue weighted by Crippen LogP contribution is -2.35. The van der Waals surface area contributed by atoms with Crippen LogP contribution in [0.2, 0.25) is 0 Å². The summed E-state index contributed by atoms with van der Waals surface area (Å²) in [5, 5.41) is 12.0. The van der Waals surface area contributed by atoms with E-state index in [0.717, 1.165) is 6.26 Å². The maximum absolute atomic E-state index is 14.4.